The molecular weight excluding hydrogens is 483 g/mol. The molecule has 0 aliphatic heterocycles. The summed E-state index contributed by atoms with van der Waals surface area (Å²) in [6, 6.07) is 0. The second-order valence-corrected chi connectivity index (χ2v) is 11.3. The van der Waals surface area contributed by atoms with Crippen LogP contribution in [0.25, 0.3) is 0 Å². The van der Waals surface area contributed by atoms with Crippen LogP contribution in [0.5, 0.6) is 0 Å². The van der Waals surface area contributed by atoms with Crippen molar-refractivity contribution in [2.45, 2.75) is 194 Å². The fraction of sp³-hybridized carbons (Fsp3) is 0.833. The third-order valence-electron chi connectivity index (χ3n) is 7.42. The normalized spacial score (nSPS) is 12.1. The number of hydrogen-bond acceptors (Lipinski definition) is 2. The van der Waals surface area contributed by atoms with Crippen LogP contribution in [-0.2, 0) is 0 Å². The van der Waals surface area contributed by atoms with Crippen molar-refractivity contribution >= 4 is 42.0 Å². The Kier molecular flexibility index (Phi) is 42.0. The standard InChI is InChI=1S/C36H68N2.Na/c1-3-5-7-9-11-13-15-17-19-21-23-25-27-29-31-33-35-37-38-36-34-32-30-28-26-24-22-20-18-16-14-12-10-8-6-4-2;/h17-20,35-36H,3-16,21-34H2,1-2H3;/b19-17-,20-18-,37-35-,38-36-;. The van der Waals surface area contributed by atoms with Gasteiger partial charge in [0.15, 0.2) is 0 Å². The molecule has 0 rings (SSSR count). The van der Waals surface area contributed by atoms with Gasteiger partial charge in [-0.2, -0.15) is 10.2 Å². The van der Waals surface area contributed by atoms with E-state index in [1.54, 1.807) is 0 Å². The summed E-state index contributed by atoms with van der Waals surface area (Å²) in [6.07, 6.45) is 51.0. The topological polar surface area (TPSA) is 24.7 Å². The molecule has 1 radical (unpaired) electrons. The van der Waals surface area contributed by atoms with Gasteiger partial charge in [0.1, 0.15) is 0 Å². The minimum atomic E-state index is 0. The molecule has 0 spiro atoms. The van der Waals surface area contributed by atoms with Gasteiger partial charge in [-0.1, -0.05) is 141 Å². The fourth-order valence-corrected chi connectivity index (χ4v) is 4.82. The molecule has 0 aromatic carbocycles. The summed E-state index contributed by atoms with van der Waals surface area (Å²) in [5.74, 6) is 0. The van der Waals surface area contributed by atoms with E-state index in [4.69, 9.17) is 0 Å². The van der Waals surface area contributed by atoms with E-state index in [0.29, 0.717) is 0 Å². The first-order chi connectivity index (χ1) is 18.9. The first kappa shape index (κ1) is 41.0. The average molecular weight is 552 g/mol. The molecule has 0 aromatic rings. The van der Waals surface area contributed by atoms with Gasteiger partial charge in [-0.25, -0.2) is 0 Å². The van der Waals surface area contributed by atoms with E-state index in [2.05, 4.69) is 48.4 Å². The van der Waals surface area contributed by atoms with Crippen molar-refractivity contribution < 1.29 is 0 Å². The zero-order valence-corrected chi connectivity index (χ0v) is 29.2. The van der Waals surface area contributed by atoms with Crippen LogP contribution in [0.1, 0.15) is 194 Å². The maximum absolute atomic E-state index is 4.21. The Hall–Kier alpha value is -0.180. The second-order valence-electron chi connectivity index (χ2n) is 11.3. The Morgan fingerprint density at radius 3 is 0.821 bits per heavy atom. The molecule has 0 saturated heterocycles. The Balaban J connectivity index is 0. The summed E-state index contributed by atoms with van der Waals surface area (Å²) >= 11 is 0. The molecule has 223 valence electrons. The maximum Gasteiger partial charge on any atom is 0.0270 e. The Morgan fingerprint density at radius 1 is 0.308 bits per heavy atom. The van der Waals surface area contributed by atoms with Crippen molar-refractivity contribution in [2.24, 2.45) is 10.2 Å². The monoisotopic (exact) mass is 552 g/mol. The first-order valence-corrected chi connectivity index (χ1v) is 17.2. The van der Waals surface area contributed by atoms with Crippen LogP contribution in [0.2, 0.25) is 0 Å². The molecule has 39 heavy (non-hydrogen) atoms. The molecule has 0 N–H and O–H groups in total. The van der Waals surface area contributed by atoms with Crippen molar-refractivity contribution in [3.8, 4) is 0 Å². The molecule has 0 unspecified atom stereocenters. The van der Waals surface area contributed by atoms with Gasteiger partial charge in [0, 0.05) is 42.0 Å². The molecule has 0 saturated carbocycles. The fourth-order valence-electron chi connectivity index (χ4n) is 4.82. The first-order valence-electron chi connectivity index (χ1n) is 17.2. The molecule has 0 bridgehead atoms. The Labute approximate surface area is 268 Å². The molecule has 0 aliphatic rings. The number of unbranched alkanes of at least 4 members (excludes halogenated alkanes) is 24. The second kappa shape index (κ2) is 40.0. The van der Waals surface area contributed by atoms with Crippen LogP contribution in [0, 0.1) is 0 Å². The summed E-state index contributed by atoms with van der Waals surface area (Å²) in [5, 5.41) is 8.42. The van der Waals surface area contributed by atoms with Crippen molar-refractivity contribution in [3.63, 3.8) is 0 Å². The van der Waals surface area contributed by atoms with Gasteiger partial charge < -0.3 is 0 Å². The summed E-state index contributed by atoms with van der Waals surface area (Å²) in [7, 11) is 0. The van der Waals surface area contributed by atoms with Gasteiger partial charge in [-0.05, 0) is 77.0 Å². The van der Waals surface area contributed by atoms with Crippen molar-refractivity contribution in [3.05, 3.63) is 24.3 Å². The van der Waals surface area contributed by atoms with E-state index in [0.717, 1.165) is 12.8 Å². The average Bonchev–Trinajstić information content (AvgIpc) is 2.93. The van der Waals surface area contributed by atoms with Crippen LogP contribution in [-0.4, -0.2) is 42.0 Å². The molecule has 0 aliphatic carbocycles. The third kappa shape index (κ3) is 40.0. The van der Waals surface area contributed by atoms with E-state index in [9.17, 15) is 0 Å². The van der Waals surface area contributed by atoms with Gasteiger partial charge in [0.05, 0.1) is 0 Å². The molecular formula is C36H68N2Na. The molecule has 0 amide bonds. The molecule has 0 heterocycles. The zero-order chi connectivity index (χ0) is 27.5. The van der Waals surface area contributed by atoms with E-state index in [1.165, 1.54) is 167 Å². The molecule has 0 atom stereocenters. The van der Waals surface area contributed by atoms with Crippen LogP contribution >= 0.6 is 0 Å². The summed E-state index contributed by atoms with van der Waals surface area (Å²) in [5.41, 5.74) is 0. The summed E-state index contributed by atoms with van der Waals surface area (Å²) in [4.78, 5) is 0. The molecule has 3 heteroatoms. The Bertz CT molecular complexity index is 490. The minimum Gasteiger partial charge on any atom is -0.164 e. The largest absolute Gasteiger partial charge is 0.164 e. The molecule has 0 aromatic heterocycles. The molecule has 0 fully saturated rings. The van der Waals surface area contributed by atoms with Crippen LogP contribution in [0.3, 0.4) is 0 Å². The van der Waals surface area contributed by atoms with Gasteiger partial charge in [0.25, 0.3) is 0 Å². The van der Waals surface area contributed by atoms with E-state index >= 15 is 0 Å². The van der Waals surface area contributed by atoms with Crippen molar-refractivity contribution in [1.29, 1.82) is 0 Å². The quantitative estimate of drug-likeness (QED) is 0.0269. The van der Waals surface area contributed by atoms with Gasteiger partial charge in [-0.15, -0.1) is 0 Å². The number of nitrogens with zero attached hydrogens (tertiary/aromatic N) is 2. The van der Waals surface area contributed by atoms with Crippen LogP contribution in [0.4, 0.5) is 0 Å². The molecule has 2 nitrogen and oxygen atoms in total. The third-order valence-corrected chi connectivity index (χ3v) is 7.42. The summed E-state index contributed by atoms with van der Waals surface area (Å²) < 4.78 is 0. The number of rotatable bonds is 31. The predicted molar refractivity (Wildman–Crippen MR) is 182 cm³/mol. The minimum absolute atomic E-state index is 0. The summed E-state index contributed by atoms with van der Waals surface area (Å²) in [6.45, 7) is 4.57. The van der Waals surface area contributed by atoms with Crippen LogP contribution < -0.4 is 0 Å². The zero-order valence-electron chi connectivity index (χ0n) is 27.2. The maximum atomic E-state index is 4.21. The van der Waals surface area contributed by atoms with E-state index in [1.807, 2.05) is 12.4 Å². The predicted octanol–water partition coefficient (Wildman–Crippen LogP) is 12.7. The van der Waals surface area contributed by atoms with Gasteiger partial charge in [0.2, 0.25) is 0 Å². The van der Waals surface area contributed by atoms with Gasteiger partial charge in [-0.3, -0.25) is 0 Å². The number of allylic oxidation sites excluding steroid dienone is 4. The van der Waals surface area contributed by atoms with Crippen molar-refractivity contribution in [2.75, 3.05) is 0 Å². The smallest absolute Gasteiger partial charge is 0.0270 e. The van der Waals surface area contributed by atoms with Crippen molar-refractivity contribution in [1.82, 2.24) is 0 Å². The Morgan fingerprint density at radius 2 is 0.538 bits per heavy atom. The van der Waals surface area contributed by atoms with E-state index in [-0.39, 0.29) is 29.6 Å². The SMILES string of the molecule is CCCCCCCC/C=C\CCCCCCC/C=N\N=C/CCCCCCC/C=C\CCCCCCCC.[Na]. The van der Waals surface area contributed by atoms with Gasteiger partial charge >= 0.3 is 0 Å². The van der Waals surface area contributed by atoms with Crippen LogP contribution in [0.15, 0.2) is 34.5 Å². The van der Waals surface area contributed by atoms with E-state index < -0.39 is 0 Å². The number of hydrogen-bond donors (Lipinski definition) is 0.